The number of hydrogen-bond donors (Lipinski definition) is 1. The molecule has 0 aromatic heterocycles. The molecule has 1 N–H and O–H groups in total. The molecule has 0 spiro atoms. The molecule has 1 heterocycles. The standard InChI is InChI=1S/C14H28N2/c1-3-5-14(6-7-14)12-16-9-4-8-15-10-13(2)11-16/h13,15H,3-12H2,1-2H3. The number of rotatable bonds is 4. The Morgan fingerprint density at radius 3 is 2.88 bits per heavy atom. The molecule has 0 bridgehead atoms. The third kappa shape index (κ3) is 3.46. The minimum Gasteiger partial charge on any atom is -0.316 e. The largest absolute Gasteiger partial charge is 0.316 e. The van der Waals surface area contributed by atoms with Gasteiger partial charge >= 0.3 is 0 Å². The summed E-state index contributed by atoms with van der Waals surface area (Å²) in [5, 5.41) is 3.53. The molecule has 2 fully saturated rings. The molecule has 0 aromatic carbocycles. The highest BCUT2D eigenvalue weighted by atomic mass is 15.1. The van der Waals surface area contributed by atoms with Crippen molar-refractivity contribution in [2.75, 3.05) is 32.7 Å². The fourth-order valence-corrected chi connectivity index (χ4v) is 3.18. The zero-order chi connectivity index (χ0) is 11.4. The van der Waals surface area contributed by atoms with Crippen molar-refractivity contribution in [3.8, 4) is 0 Å². The van der Waals surface area contributed by atoms with Gasteiger partial charge in [0.1, 0.15) is 0 Å². The first-order chi connectivity index (χ1) is 7.74. The second-order valence-electron chi connectivity index (χ2n) is 6.15. The molecule has 0 aromatic rings. The van der Waals surface area contributed by atoms with Crippen LogP contribution in [0.15, 0.2) is 0 Å². The summed E-state index contributed by atoms with van der Waals surface area (Å²) >= 11 is 0. The quantitative estimate of drug-likeness (QED) is 0.789. The van der Waals surface area contributed by atoms with Crippen LogP contribution in [0.4, 0.5) is 0 Å². The number of nitrogens with zero attached hydrogens (tertiary/aromatic N) is 1. The van der Waals surface area contributed by atoms with Gasteiger partial charge in [-0.25, -0.2) is 0 Å². The van der Waals surface area contributed by atoms with Gasteiger partial charge < -0.3 is 10.2 Å². The molecule has 16 heavy (non-hydrogen) atoms. The fourth-order valence-electron chi connectivity index (χ4n) is 3.18. The van der Waals surface area contributed by atoms with Gasteiger partial charge in [-0.3, -0.25) is 0 Å². The summed E-state index contributed by atoms with van der Waals surface area (Å²) in [6.45, 7) is 11.1. The van der Waals surface area contributed by atoms with Crippen LogP contribution in [0.2, 0.25) is 0 Å². The lowest BCUT2D eigenvalue weighted by Crippen LogP contribution is -2.41. The van der Waals surface area contributed by atoms with Crippen molar-refractivity contribution in [3.05, 3.63) is 0 Å². The van der Waals surface area contributed by atoms with E-state index in [1.165, 1.54) is 64.8 Å². The van der Waals surface area contributed by atoms with Crippen molar-refractivity contribution in [2.45, 2.75) is 46.0 Å². The van der Waals surface area contributed by atoms with Crippen LogP contribution in [0.25, 0.3) is 0 Å². The minimum absolute atomic E-state index is 0.737. The molecular formula is C14H28N2. The second kappa shape index (κ2) is 5.50. The molecule has 1 saturated carbocycles. The third-order valence-corrected chi connectivity index (χ3v) is 4.19. The highest BCUT2D eigenvalue weighted by Gasteiger charge is 2.42. The molecule has 2 heteroatoms. The zero-order valence-electron chi connectivity index (χ0n) is 11.1. The highest BCUT2D eigenvalue weighted by molar-refractivity contribution is 4.95. The highest BCUT2D eigenvalue weighted by Crippen LogP contribution is 2.50. The van der Waals surface area contributed by atoms with Crippen molar-refractivity contribution in [1.82, 2.24) is 10.2 Å². The van der Waals surface area contributed by atoms with Gasteiger partial charge in [-0.1, -0.05) is 20.3 Å². The Kier molecular flexibility index (Phi) is 4.26. The predicted molar refractivity (Wildman–Crippen MR) is 69.7 cm³/mol. The van der Waals surface area contributed by atoms with Crippen LogP contribution >= 0.6 is 0 Å². The number of hydrogen-bond acceptors (Lipinski definition) is 2. The Morgan fingerprint density at radius 1 is 1.38 bits per heavy atom. The third-order valence-electron chi connectivity index (χ3n) is 4.19. The molecule has 1 saturated heterocycles. The van der Waals surface area contributed by atoms with E-state index in [4.69, 9.17) is 0 Å². The van der Waals surface area contributed by atoms with Crippen LogP contribution < -0.4 is 5.32 Å². The average molecular weight is 224 g/mol. The second-order valence-corrected chi connectivity index (χ2v) is 6.15. The van der Waals surface area contributed by atoms with Gasteiger partial charge in [0.2, 0.25) is 0 Å². The SMILES string of the molecule is CCCC1(CN2CCCNCC(C)C2)CC1. The first kappa shape index (κ1) is 12.4. The summed E-state index contributed by atoms with van der Waals surface area (Å²) in [6.07, 6.45) is 7.13. The maximum absolute atomic E-state index is 3.53. The lowest BCUT2D eigenvalue weighted by atomic mass is 9.99. The van der Waals surface area contributed by atoms with E-state index in [0.29, 0.717) is 0 Å². The molecule has 2 aliphatic rings. The molecule has 1 aliphatic carbocycles. The van der Waals surface area contributed by atoms with Gasteiger partial charge in [0.25, 0.3) is 0 Å². The van der Waals surface area contributed by atoms with E-state index < -0.39 is 0 Å². The van der Waals surface area contributed by atoms with Gasteiger partial charge in [0, 0.05) is 13.1 Å². The van der Waals surface area contributed by atoms with E-state index in [1.54, 1.807) is 0 Å². The van der Waals surface area contributed by atoms with E-state index in [9.17, 15) is 0 Å². The summed E-state index contributed by atoms with van der Waals surface area (Å²) in [4.78, 5) is 2.74. The Labute approximate surface area is 101 Å². The fraction of sp³-hybridized carbons (Fsp3) is 1.00. The first-order valence-corrected chi connectivity index (χ1v) is 7.17. The van der Waals surface area contributed by atoms with Crippen LogP contribution in [0, 0.1) is 11.3 Å². The topological polar surface area (TPSA) is 15.3 Å². The normalized spacial score (nSPS) is 30.8. The lowest BCUT2D eigenvalue weighted by Gasteiger charge is -2.31. The summed E-state index contributed by atoms with van der Waals surface area (Å²) in [6, 6.07) is 0. The summed E-state index contributed by atoms with van der Waals surface area (Å²) < 4.78 is 0. The summed E-state index contributed by atoms with van der Waals surface area (Å²) in [7, 11) is 0. The van der Waals surface area contributed by atoms with Crippen molar-refractivity contribution in [2.24, 2.45) is 11.3 Å². The van der Waals surface area contributed by atoms with Crippen molar-refractivity contribution < 1.29 is 0 Å². The van der Waals surface area contributed by atoms with Crippen molar-refractivity contribution in [3.63, 3.8) is 0 Å². The van der Waals surface area contributed by atoms with Gasteiger partial charge in [0.05, 0.1) is 0 Å². The van der Waals surface area contributed by atoms with Crippen LogP contribution in [0.1, 0.15) is 46.0 Å². The summed E-state index contributed by atoms with van der Waals surface area (Å²) in [5.41, 5.74) is 0.737. The molecule has 0 amide bonds. The van der Waals surface area contributed by atoms with E-state index in [0.717, 1.165) is 11.3 Å². The van der Waals surface area contributed by atoms with Crippen LogP contribution in [0.3, 0.4) is 0 Å². The van der Waals surface area contributed by atoms with Crippen LogP contribution in [-0.2, 0) is 0 Å². The molecule has 0 radical (unpaired) electrons. The van der Waals surface area contributed by atoms with Gasteiger partial charge in [-0.2, -0.15) is 0 Å². The molecule has 1 atom stereocenters. The van der Waals surface area contributed by atoms with Crippen molar-refractivity contribution in [1.29, 1.82) is 0 Å². The maximum atomic E-state index is 3.53. The van der Waals surface area contributed by atoms with Crippen LogP contribution in [-0.4, -0.2) is 37.6 Å². The van der Waals surface area contributed by atoms with Gasteiger partial charge in [-0.15, -0.1) is 0 Å². The molecule has 1 unspecified atom stereocenters. The Bertz CT molecular complexity index is 211. The minimum atomic E-state index is 0.737. The van der Waals surface area contributed by atoms with Crippen molar-refractivity contribution >= 4 is 0 Å². The van der Waals surface area contributed by atoms with Gasteiger partial charge in [0.15, 0.2) is 0 Å². The van der Waals surface area contributed by atoms with Crippen LogP contribution in [0.5, 0.6) is 0 Å². The summed E-state index contributed by atoms with van der Waals surface area (Å²) in [5.74, 6) is 0.817. The monoisotopic (exact) mass is 224 g/mol. The zero-order valence-corrected chi connectivity index (χ0v) is 11.1. The molecule has 94 valence electrons. The molecule has 2 rings (SSSR count). The molecule has 1 aliphatic heterocycles. The predicted octanol–water partition coefficient (Wildman–Crippen LogP) is 2.50. The maximum Gasteiger partial charge on any atom is 0.00381 e. The van der Waals surface area contributed by atoms with E-state index in [2.05, 4.69) is 24.1 Å². The van der Waals surface area contributed by atoms with E-state index in [-0.39, 0.29) is 0 Å². The first-order valence-electron chi connectivity index (χ1n) is 7.17. The average Bonchev–Trinajstić information content (AvgIpc) is 2.94. The molecular weight excluding hydrogens is 196 g/mol. The Balaban J connectivity index is 1.82. The Morgan fingerprint density at radius 2 is 2.19 bits per heavy atom. The lowest BCUT2D eigenvalue weighted by molar-refractivity contribution is 0.173. The smallest absolute Gasteiger partial charge is 0.00381 e. The van der Waals surface area contributed by atoms with E-state index in [1.807, 2.05) is 0 Å². The number of nitrogens with one attached hydrogen (secondary N) is 1. The Hall–Kier alpha value is -0.0800. The molecule has 2 nitrogen and oxygen atoms in total. The van der Waals surface area contributed by atoms with E-state index >= 15 is 0 Å². The van der Waals surface area contributed by atoms with Gasteiger partial charge in [-0.05, 0) is 56.7 Å².